The maximum absolute atomic E-state index is 12.7. The molecular formula is C23H38N4O5. The molecule has 4 N–H and O–H groups in total. The molecule has 1 heterocycles. The van der Waals surface area contributed by atoms with Crippen LogP contribution in [0, 0.1) is 11.8 Å². The molecule has 1 saturated heterocycles. The van der Waals surface area contributed by atoms with Gasteiger partial charge in [0.05, 0.1) is 6.04 Å². The van der Waals surface area contributed by atoms with Crippen LogP contribution in [0.25, 0.3) is 0 Å². The van der Waals surface area contributed by atoms with Gasteiger partial charge in [-0.3, -0.25) is 24.0 Å². The van der Waals surface area contributed by atoms with Gasteiger partial charge >= 0.3 is 0 Å². The summed E-state index contributed by atoms with van der Waals surface area (Å²) < 4.78 is 0. The molecule has 0 radical (unpaired) electrons. The smallest absolute Gasteiger partial charge is 0.290 e. The fourth-order valence-electron chi connectivity index (χ4n) is 3.26. The van der Waals surface area contributed by atoms with Crippen molar-refractivity contribution in [3.8, 4) is 0 Å². The molecule has 3 atom stereocenters. The van der Waals surface area contributed by atoms with Gasteiger partial charge in [0.25, 0.3) is 5.91 Å². The number of amides is 4. The van der Waals surface area contributed by atoms with Gasteiger partial charge in [0, 0.05) is 6.54 Å². The highest BCUT2D eigenvalue weighted by Gasteiger charge is 2.30. The van der Waals surface area contributed by atoms with Crippen molar-refractivity contribution in [1.29, 1.82) is 0 Å². The second kappa shape index (κ2) is 13.6. The third-order valence-electron chi connectivity index (χ3n) is 5.09. The monoisotopic (exact) mass is 450 g/mol. The van der Waals surface area contributed by atoms with E-state index in [1.807, 2.05) is 13.8 Å². The number of carbonyl (C=O) groups is 5. The van der Waals surface area contributed by atoms with Crippen molar-refractivity contribution < 1.29 is 24.0 Å². The first kappa shape index (κ1) is 27.3. The lowest BCUT2D eigenvalue weighted by Crippen LogP contribution is -2.54. The first-order chi connectivity index (χ1) is 15.0. The molecule has 0 saturated carbocycles. The molecule has 1 aliphatic heterocycles. The van der Waals surface area contributed by atoms with E-state index >= 15 is 0 Å². The maximum atomic E-state index is 12.7. The average molecular weight is 451 g/mol. The summed E-state index contributed by atoms with van der Waals surface area (Å²) in [6, 6.07) is -2.81. The molecule has 1 rings (SSSR count). The van der Waals surface area contributed by atoms with Gasteiger partial charge in [-0.1, -0.05) is 33.8 Å². The maximum Gasteiger partial charge on any atom is 0.290 e. The summed E-state index contributed by atoms with van der Waals surface area (Å²) in [7, 11) is 0. The molecular weight excluding hydrogens is 412 g/mol. The van der Waals surface area contributed by atoms with Crippen molar-refractivity contribution in [3.63, 3.8) is 0 Å². The van der Waals surface area contributed by atoms with E-state index in [9.17, 15) is 24.0 Å². The minimum Gasteiger partial charge on any atom is -0.354 e. The Balaban J connectivity index is 2.90. The lowest BCUT2D eigenvalue weighted by atomic mass is 10.0. The van der Waals surface area contributed by atoms with Gasteiger partial charge in [-0.15, -0.1) is 0 Å². The van der Waals surface area contributed by atoms with E-state index in [0.29, 0.717) is 18.8 Å². The van der Waals surface area contributed by atoms with Crippen molar-refractivity contribution in [2.24, 2.45) is 11.8 Å². The summed E-state index contributed by atoms with van der Waals surface area (Å²) in [4.78, 5) is 62.2. The highest BCUT2D eigenvalue weighted by atomic mass is 16.2. The third-order valence-corrected chi connectivity index (χ3v) is 5.09. The third kappa shape index (κ3) is 10.1. The second-order valence-corrected chi connectivity index (χ2v) is 9.12. The van der Waals surface area contributed by atoms with E-state index in [1.54, 1.807) is 6.08 Å². The zero-order valence-electron chi connectivity index (χ0n) is 19.8. The SMILES string of the molecule is CC(C)CC/C=C/C(=O)N[C@@H]1CCCNC(=O)[C@H](CC(C)C)NC(=O)C(=O)[C@H](C)NC1=O. The minimum atomic E-state index is -1.09. The number of nitrogens with one attached hydrogen (secondary N) is 4. The summed E-state index contributed by atoms with van der Waals surface area (Å²) in [5.41, 5.74) is 0. The lowest BCUT2D eigenvalue weighted by Gasteiger charge is -2.20. The van der Waals surface area contributed by atoms with Gasteiger partial charge in [-0.25, -0.2) is 0 Å². The highest BCUT2D eigenvalue weighted by Crippen LogP contribution is 2.07. The Hall–Kier alpha value is -2.71. The van der Waals surface area contributed by atoms with Crippen LogP contribution in [0.2, 0.25) is 0 Å². The largest absolute Gasteiger partial charge is 0.354 e. The Morgan fingerprint density at radius 3 is 2.38 bits per heavy atom. The topological polar surface area (TPSA) is 133 Å². The number of carbonyl (C=O) groups excluding carboxylic acids is 5. The van der Waals surface area contributed by atoms with E-state index in [4.69, 9.17) is 0 Å². The minimum absolute atomic E-state index is 0.127. The summed E-state index contributed by atoms with van der Waals surface area (Å²) in [5, 5.41) is 10.4. The van der Waals surface area contributed by atoms with Gasteiger partial charge in [0.15, 0.2) is 0 Å². The molecule has 0 bridgehead atoms. The molecule has 0 aromatic heterocycles. The Bertz CT molecular complexity index is 717. The Kier molecular flexibility index (Phi) is 11.7. The fraction of sp³-hybridized carbons (Fsp3) is 0.696. The molecule has 1 fully saturated rings. The molecule has 4 amide bonds. The summed E-state index contributed by atoms with van der Waals surface area (Å²) in [6.45, 7) is 9.69. The van der Waals surface area contributed by atoms with Crippen LogP contribution in [0.3, 0.4) is 0 Å². The zero-order chi connectivity index (χ0) is 24.3. The quantitative estimate of drug-likeness (QED) is 0.339. The van der Waals surface area contributed by atoms with Crippen LogP contribution in [-0.2, 0) is 24.0 Å². The van der Waals surface area contributed by atoms with Crippen LogP contribution < -0.4 is 21.3 Å². The fourth-order valence-corrected chi connectivity index (χ4v) is 3.26. The van der Waals surface area contributed by atoms with Crippen molar-refractivity contribution >= 4 is 29.4 Å². The van der Waals surface area contributed by atoms with Crippen LogP contribution in [0.15, 0.2) is 12.2 Å². The standard InChI is InChI=1S/C23H38N4O5/c1-14(2)9-6-7-11-19(28)26-17-10-8-12-24-21(30)18(13-15(3)4)27-23(32)20(29)16(5)25-22(17)31/h7,11,14-18H,6,8-10,12-13H2,1-5H3,(H,24,30)(H,25,31)(H,26,28)(H,27,32)/b11-7+/t16-,17+,18-/m0/s1. The van der Waals surface area contributed by atoms with Crippen molar-refractivity contribution in [2.45, 2.75) is 84.8 Å². The zero-order valence-corrected chi connectivity index (χ0v) is 19.8. The molecule has 0 aromatic carbocycles. The van der Waals surface area contributed by atoms with E-state index in [-0.39, 0.29) is 24.8 Å². The van der Waals surface area contributed by atoms with Crippen LogP contribution in [0.4, 0.5) is 0 Å². The summed E-state index contributed by atoms with van der Waals surface area (Å²) in [5.74, 6) is -2.45. The average Bonchev–Trinajstić information content (AvgIpc) is 2.71. The van der Waals surface area contributed by atoms with Crippen molar-refractivity contribution in [1.82, 2.24) is 21.3 Å². The number of hydrogen-bond donors (Lipinski definition) is 4. The van der Waals surface area contributed by atoms with Crippen LogP contribution in [0.1, 0.15) is 66.7 Å². The molecule has 1 aliphatic rings. The van der Waals surface area contributed by atoms with Crippen molar-refractivity contribution in [3.05, 3.63) is 12.2 Å². The van der Waals surface area contributed by atoms with E-state index < -0.39 is 41.6 Å². The van der Waals surface area contributed by atoms with E-state index in [2.05, 4.69) is 35.1 Å². The number of ketones is 1. The van der Waals surface area contributed by atoms with E-state index in [0.717, 1.165) is 12.8 Å². The van der Waals surface area contributed by atoms with Crippen LogP contribution in [-0.4, -0.2) is 54.1 Å². The molecule has 180 valence electrons. The Morgan fingerprint density at radius 1 is 1.06 bits per heavy atom. The molecule has 0 aromatic rings. The van der Waals surface area contributed by atoms with Gasteiger partial charge in [-0.2, -0.15) is 0 Å². The van der Waals surface area contributed by atoms with Crippen molar-refractivity contribution in [2.75, 3.05) is 6.54 Å². The molecule has 0 spiro atoms. The van der Waals surface area contributed by atoms with Crippen LogP contribution >= 0.6 is 0 Å². The number of Topliss-reactive ketones (excluding diaryl/α,β-unsaturated/α-hetero) is 1. The number of allylic oxidation sites excluding steroid dienone is 1. The Morgan fingerprint density at radius 2 is 1.75 bits per heavy atom. The van der Waals surface area contributed by atoms with Gasteiger partial charge in [-0.05, 0) is 56.9 Å². The molecule has 0 unspecified atom stereocenters. The van der Waals surface area contributed by atoms with Gasteiger partial charge < -0.3 is 21.3 Å². The lowest BCUT2D eigenvalue weighted by molar-refractivity contribution is -0.141. The van der Waals surface area contributed by atoms with Crippen LogP contribution in [0.5, 0.6) is 0 Å². The first-order valence-corrected chi connectivity index (χ1v) is 11.4. The summed E-state index contributed by atoms with van der Waals surface area (Å²) in [6.07, 6.45) is 5.96. The highest BCUT2D eigenvalue weighted by molar-refractivity contribution is 6.38. The van der Waals surface area contributed by atoms with E-state index in [1.165, 1.54) is 13.0 Å². The molecule has 9 heteroatoms. The molecule has 0 aliphatic carbocycles. The van der Waals surface area contributed by atoms with Gasteiger partial charge in [0.2, 0.25) is 23.5 Å². The number of hydrogen-bond acceptors (Lipinski definition) is 5. The number of rotatable bonds is 7. The second-order valence-electron chi connectivity index (χ2n) is 9.12. The predicted molar refractivity (Wildman–Crippen MR) is 121 cm³/mol. The Labute approximate surface area is 190 Å². The summed E-state index contributed by atoms with van der Waals surface area (Å²) >= 11 is 0. The first-order valence-electron chi connectivity index (χ1n) is 11.4. The van der Waals surface area contributed by atoms with Gasteiger partial charge in [0.1, 0.15) is 12.1 Å². The predicted octanol–water partition coefficient (Wildman–Crippen LogP) is 0.978. The molecule has 32 heavy (non-hydrogen) atoms. The molecule has 9 nitrogen and oxygen atoms in total. The normalized spacial score (nSPS) is 23.8.